The number of carbonyl (C=O) groups is 1. The number of aryl methyl sites for hydroxylation is 1. The van der Waals surface area contributed by atoms with Gasteiger partial charge in [0.1, 0.15) is 0 Å². The van der Waals surface area contributed by atoms with Gasteiger partial charge in [-0.15, -0.1) is 0 Å². The van der Waals surface area contributed by atoms with Crippen molar-refractivity contribution in [3.05, 3.63) is 64.7 Å². The number of sulfonamides is 1. The van der Waals surface area contributed by atoms with E-state index in [0.717, 1.165) is 24.0 Å². The summed E-state index contributed by atoms with van der Waals surface area (Å²) in [5, 5.41) is 8.86. The molecule has 0 aliphatic heterocycles. The maximum absolute atomic E-state index is 12.9. The van der Waals surface area contributed by atoms with Gasteiger partial charge in [-0.3, -0.25) is 4.79 Å². The first-order valence-electron chi connectivity index (χ1n) is 8.67. The number of rotatable bonds is 6. The lowest BCUT2D eigenvalue weighted by atomic mass is 10.1. The maximum Gasteiger partial charge on any atom is 0.254 e. The van der Waals surface area contributed by atoms with E-state index in [0.29, 0.717) is 17.7 Å². The second-order valence-electron chi connectivity index (χ2n) is 6.84. The van der Waals surface area contributed by atoms with Crippen LogP contribution in [0.4, 0.5) is 0 Å². The number of hydrogen-bond donors (Lipinski definition) is 1. The summed E-state index contributed by atoms with van der Waals surface area (Å²) in [5.41, 5.74) is 2.54. The minimum absolute atomic E-state index is 0.00881. The zero-order chi connectivity index (χ0) is 19.6. The maximum atomic E-state index is 12.9. The Balaban J connectivity index is 1.80. The number of nitrogens with one attached hydrogen (secondary N) is 1. The molecule has 1 amide bonds. The van der Waals surface area contributed by atoms with Crippen molar-refractivity contribution < 1.29 is 13.2 Å². The van der Waals surface area contributed by atoms with E-state index in [9.17, 15) is 13.2 Å². The summed E-state index contributed by atoms with van der Waals surface area (Å²) in [5.74, 6) is -0.250. The zero-order valence-corrected chi connectivity index (χ0v) is 16.1. The van der Waals surface area contributed by atoms with Crippen LogP contribution in [0.25, 0.3) is 0 Å². The van der Waals surface area contributed by atoms with Crippen LogP contribution in [0, 0.1) is 18.3 Å². The molecule has 1 N–H and O–H groups in total. The SMILES string of the molecule is Cc1ccc(S(=O)(=O)NC2CC2)cc1C(=O)N(C)Cc1ccc(C#N)cc1. The second kappa shape index (κ2) is 7.51. The topological polar surface area (TPSA) is 90.3 Å². The van der Waals surface area contributed by atoms with Crippen molar-refractivity contribution in [2.45, 2.75) is 37.2 Å². The van der Waals surface area contributed by atoms with Crippen molar-refractivity contribution in [2.75, 3.05) is 7.05 Å². The Morgan fingerprint density at radius 3 is 2.48 bits per heavy atom. The normalized spacial score (nSPS) is 13.8. The number of carbonyl (C=O) groups excluding carboxylic acids is 1. The summed E-state index contributed by atoms with van der Waals surface area (Å²) in [7, 11) is -1.94. The van der Waals surface area contributed by atoms with Gasteiger partial charge in [0.2, 0.25) is 10.0 Å². The van der Waals surface area contributed by atoms with Crippen LogP contribution in [0.3, 0.4) is 0 Å². The molecule has 0 unspecified atom stereocenters. The van der Waals surface area contributed by atoms with Crippen LogP contribution in [0.2, 0.25) is 0 Å². The van der Waals surface area contributed by atoms with Gasteiger partial charge in [0.25, 0.3) is 5.91 Å². The van der Waals surface area contributed by atoms with Crippen molar-refractivity contribution in [3.8, 4) is 6.07 Å². The summed E-state index contributed by atoms with van der Waals surface area (Å²) in [6.45, 7) is 2.15. The number of nitriles is 1. The third-order valence-electron chi connectivity index (χ3n) is 4.50. The van der Waals surface area contributed by atoms with Crippen LogP contribution in [-0.2, 0) is 16.6 Å². The van der Waals surface area contributed by atoms with Crippen LogP contribution in [0.5, 0.6) is 0 Å². The monoisotopic (exact) mass is 383 g/mol. The minimum Gasteiger partial charge on any atom is -0.337 e. The van der Waals surface area contributed by atoms with Gasteiger partial charge in [0.05, 0.1) is 16.5 Å². The van der Waals surface area contributed by atoms with Gasteiger partial charge in [-0.05, 0) is 55.2 Å². The molecule has 0 radical (unpaired) electrons. The van der Waals surface area contributed by atoms with Gasteiger partial charge in [0.15, 0.2) is 0 Å². The Morgan fingerprint density at radius 1 is 1.22 bits per heavy atom. The summed E-state index contributed by atoms with van der Waals surface area (Å²) in [6.07, 6.45) is 1.70. The molecule has 6 nitrogen and oxygen atoms in total. The van der Waals surface area contributed by atoms with E-state index in [4.69, 9.17) is 5.26 Å². The first kappa shape index (κ1) is 19.1. The summed E-state index contributed by atoms with van der Waals surface area (Å²) >= 11 is 0. The van der Waals surface area contributed by atoms with Gasteiger partial charge >= 0.3 is 0 Å². The van der Waals surface area contributed by atoms with Gasteiger partial charge in [-0.1, -0.05) is 18.2 Å². The van der Waals surface area contributed by atoms with Crippen molar-refractivity contribution in [2.24, 2.45) is 0 Å². The van der Waals surface area contributed by atoms with Gasteiger partial charge in [0, 0.05) is 25.2 Å². The lowest BCUT2D eigenvalue weighted by Gasteiger charge is -2.19. The molecule has 0 bridgehead atoms. The highest BCUT2D eigenvalue weighted by Gasteiger charge is 2.28. The molecule has 1 aliphatic rings. The number of benzene rings is 2. The molecule has 27 heavy (non-hydrogen) atoms. The molecular weight excluding hydrogens is 362 g/mol. The molecule has 0 aromatic heterocycles. The Kier molecular flexibility index (Phi) is 5.31. The van der Waals surface area contributed by atoms with Crippen LogP contribution in [-0.4, -0.2) is 32.3 Å². The molecule has 3 rings (SSSR count). The number of amides is 1. The first-order chi connectivity index (χ1) is 12.8. The van der Waals surface area contributed by atoms with E-state index in [2.05, 4.69) is 10.8 Å². The Bertz CT molecular complexity index is 1000. The molecule has 1 aliphatic carbocycles. The van der Waals surface area contributed by atoms with E-state index in [1.807, 2.05) is 0 Å². The Hall–Kier alpha value is -2.69. The van der Waals surface area contributed by atoms with Gasteiger partial charge < -0.3 is 4.90 Å². The van der Waals surface area contributed by atoms with Crippen LogP contribution in [0.1, 0.15) is 39.9 Å². The quantitative estimate of drug-likeness (QED) is 0.830. The van der Waals surface area contributed by atoms with E-state index >= 15 is 0 Å². The molecule has 1 saturated carbocycles. The van der Waals surface area contributed by atoms with Crippen molar-refractivity contribution >= 4 is 15.9 Å². The highest BCUT2D eigenvalue weighted by Crippen LogP contribution is 2.24. The third-order valence-corrected chi connectivity index (χ3v) is 6.02. The highest BCUT2D eigenvalue weighted by atomic mass is 32.2. The lowest BCUT2D eigenvalue weighted by Crippen LogP contribution is -2.28. The molecule has 0 heterocycles. The summed E-state index contributed by atoms with van der Waals surface area (Å²) in [6, 6.07) is 13.7. The van der Waals surface area contributed by atoms with Gasteiger partial charge in [-0.25, -0.2) is 13.1 Å². The predicted molar refractivity (Wildman–Crippen MR) is 101 cm³/mol. The van der Waals surface area contributed by atoms with Crippen LogP contribution < -0.4 is 4.72 Å². The molecule has 140 valence electrons. The van der Waals surface area contributed by atoms with Crippen LogP contribution >= 0.6 is 0 Å². The Morgan fingerprint density at radius 2 is 1.89 bits per heavy atom. The van der Waals surface area contributed by atoms with Crippen molar-refractivity contribution in [3.63, 3.8) is 0 Å². The summed E-state index contributed by atoms with van der Waals surface area (Å²) in [4.78, 5) is 14.5. The molecule has 7 heteroatoms. The second-order valence-corrected chi connectivity index (χ2v) is 8.56. The largest absolute Gasteiger partial charge is 0.337 e. The molecule has 0 spiro atoms. The van der Waals surface area contributed by atoms with Crippen molar-refractivity contribution in [1.82, 2.24) is 9.62 Å². The van der Waals surface area contributed by atoms with E-state index in [1.54, 1.807) is 44.3 Å². The molecule has 2 aromatic carbocycles. The fourth-order valence-corrected chi connectivity index (χ4v) is 4.05. The lowest BCUT2D eigenvalue weighted by molar-refractivity contribution is 0.0784. The number of hydrogen-bond acceptors (Lipinski definition) is 4. The van der Waals surface area contributed by atoms with Crippen molar-refractivity contribution in [1.29, 1.82) is 5.26 Å². The average Bonchev–Trinajstić information content (AvgIpc) is 3.45. The van der Waals surface area contributed by atoms with E-state index in [1.165, 1.54) is 17.0 Å². The Labute approximate surface area is 159 Å². The molecule has 0 atom stereocenters. The van der Waals surface area contributed by atoms with E-state index < -0.39 is 10.0 Å². The predicted octanol–water partition coefficient (Wildman–Crippen LogP) is 2.58. The highest BCUT2D eigenvalue weighted by molar-refractivity contribution is 7.89. The average molecular weight is 383 g/mol. The molecular formula is C20H21N3O3S. The fraction of sp³-hybridized carbons (Fsp3) is 0.300. The fourth-order valence-electron chi connectivity index (χ4n) is 2.72. The number of nitrogens with zero attached hydrogens (tertiary/aromatic N) is 2. The van der Waals surface area contributed by atoms with Crippen LogP contribution in [0.15, 0.2) is 47.4 Å². The zero-order valence-electron chi connectivity index (χ0n) is 15.3. The van der Waals surface area contributed by atoms with E-state index in [-0.39, 0.29) is 16.8 Å². The molecule has 1 fully saturated rings. The standard InChI is InChI=1S/C20H21N3O3S/c1-14-3-10-18(27(25,26)22-17-8-9-17)11-19(14)20(24)23(2)13-16-6-4-15(12-21)5-7-16/h3-7,10-11,17,22H,8-9,13H2,1-2H3. The van der Waals surface area contributed by atoms with Gasteiger partial charge in [-0.2, -0.15) is 5.26 Å². The summed E-state index contributed by atoms with van der Waals surface area (Å²) < 4.78 is 27.5. The molecule has 2 aromatic rings. The first-order valence-corrected chi connectivity index (χ1v) is 10.2. The minimum atomic E-state index is -3.61. The smallest absolute Gasteiger partial charge is 0.254 e. The third kappa shape index (κ3) is 4.54. The molecule has 0 saturated heterocycles.